The molecular weight excluding hydrogens is 312 g/mol. The zero-order valence-electron chi connectivity index (χ0n) is 11.2. The molecule has 1 rings (SSSR count). The average molecular weight is 329 g/mol. The van der Waals surface area contributed by atoms with E-state index in [0.29, 0.717) is 24.7 Å². The van der Waals surface area contributed by atoms with Crippen LogP contribution in [0.25, 0.3) is 6.08 Å². The molecule has 0 saturated carbocycles. The van der Waals surface area contributed by atoms with Crippen LogP contribution in [0.1, 0.15) is 19.4 Å². The van der Waals surface area contributed by atoms with E-state index < -0.39 is 5.97 Å². The second-order valence-corrected chi connectivity index (χ2v) is 4.41. The van der Waals surface area contributed by atoms with Crippen molar-refractivity contribution in [1.29, 1.82) is 0 Å². The number of methoxy groups -OCH3 is 1. The largest absolute Gasteiger partial charge is 0.490 e. The minimum absolute atomic E-state index is 0.400. The second-order valence-electron chi connectivity index (χ2n) is 3.55. The average Bonchev–Trinajstić information content (AvgIpc) is 2.40. The molecule has 5 heteroatoms. The molecule has 0 aliphatic heterocycles. The van der Waals surface area contributed by atoms with E-state index in [1.165, 1.54) is 13.2 Å². The van der Waals surface area contributed by atoms with E-state index in [2.05, 4.69) is 20.7 Å². The maximum absolute atomic E-state index is 11.1. The van der Waals surface area contributed by atoms with Gasteiger partial charge in [0.25, 0.3) is 0 Å². The van der Waals surface area contributed by atoms with Crippen LogP contribution in [-0.2, 0) is 9.53 Å². The molecule has 1 aromatic rings. The number of rotatable bonds is 6. The summed E-state index contributed by atoms with van der Waals surface area (Å²) >= 11 is 3.44. The van der Waals surface area contributed by atoms with Crippen LogP contribution in [0.2, 0.25) is 0 Å². The highest BCUT2D eigenvalue weighted by atomic mass is 79.9. The van der Waals surface area contributed by atoms with Crippen LogP contribution in [0.4, 0.5) is 0 Å². The van der Waals surface area contributed by atoms with Gasteiger partial charge in [-0.1, -0.05) is 0 Å². The fraction of sp³-hybridized carbons (Fsp3) is 0.357. The Kier molecular flexibility index (Phi) is 6.42. The van der Waals surface area contributed by atoms with Crippen molar-refractivity contribution in [3.05, 3.63) is 28.2 Å². The van der Waals surface area contributed by atoms with Crippen molar-refractivity contribution in [2.75, 3.05) is 20.3 Å². The normalized spacial score (nSPS) is 10.5. The molecule has 0 aromatic heterocycles. The third kappa shape index (κ3) is 4.59. The van der Waals surface area contributed by atoms with Crippen molar-refractivity contribution >= 4 is 28.0 Å². The number of halogens is 1. The minimum atomic E-state index is -0.400. The number of carbonyl (C=O) groups excluding carboxylic acids is 1. The highest BCUT2D eigenvalue weighted by Gasteiger charge is 2.11. The van der Waals surface area contributed by atoms with Gasteiger partial charge < -0.3 is 14.2 Å². The molecule has 0 radical (unpaired) electrons. The monoisotopic (exact) mass is 328 g/mol. The molecule has 0 bridgehead atoms. The van der Waals surface area contributed by atoms with E-state index in [9.17, 15) is 4.79 Å². The van der Waals surface area contributed by atoms with Crippen LogP contribution in [-0.4, -0.2) is 26.3 Å². The Hall–Kier alpha value is -1.49. The summed E-state index contributed by atoms with van der Waals surface area (Å²) in [5.41, 5.74) is 0.823. The SMILES string of the molecule is CCOc1cc(C=CC(=O)OC)cc(Br)c1OCC. The first kappa shape index (κ1) is 15.6. The summed E-state index contributed by atoms with van der Waals surface area (Å²) in [5, 5.41) is 0. The van der Waals surface area contributed by atoms with Gasteiger partial charge in [0.2, 0.25) is 0 Å². The maximum Gasteiger partial charge on any atom is 0.330 e. The van der Waals surface area contributed by atoms with Crippen molar-refractivity contribution in [2.24, 2.45) is 0 Å². The molecule has 0 spiro atoms. The molecule has 0 atom stereocenters. The van der Waals surface area contributed by atoms with Crippen LogP contribution in [0.15, 0.2) is 22.7 Å². The number of ether oxygens (including phenoxy) is 3. The van der Waals surface area contributed by atoms with E-state index >= 15 is 0 Å². The molecule has 0 aliphatic rings. The van der Waals surface area contributed by atoms with E-state index in [4.69, 9.17) is 9.47 Å². The lowest BCUT2D eigenvalue weighted by Gasteiger charge is -2.13. The van der Waals surface area contributed by atoms with Crippen molar-refractivity contribution in [1.82, 2.24) is 0 Å². The number of hydrogen-bond donors (Lipinski definition) is 0. The van der Waals surface area contributed by atoms with E-state index in [1.54, 1.807) is 6.08 Å². The smallest absolute Gasteiger partial charge is 0.330 e. The van der Waals surface area contributed by atoms with Gasteiger partial charge in [0.1, 0.15) is 0 Å². The first-order valence-electron chi connectivity index (χ1n) is 5.97. The Balaban J connectivity index is 3.08. The number of esters is 1. The number of hydrogen-bond acceptors (Lipinski definition) is 4. The molecule has 0 amide bonds. The van der Waals surface area contributed by atoms with Crippen LogP contribution in [0, 0.1) is 0 Å². The Morgan fingerprint density at radius 2 is 1.95 bits per heavy atom. The van der Waals surface area contributed by atoms with Gasteiger partial charge in [-0.05, 0) is 53.5 Å². The van der Waals surface area contributed by atoms with Gasteiger partial charge in [-0.2, -0.15) is 0 Å². The van der Waals surface area contributed by atoms with Gasteiger partial charge >= 0.3 is 5.97 Å². The molecule has 0 aliphatic carbocycles. The molecule has 19 heavy (non-hydrogen) atoms. The Morgan fingerprint density at radius 1 is 1.26 bits per heavy atom. The van der Waals surface area contributed by atoms with Crippen molar-refractivity contribution in [2.45, 2.75) is 13.8 Å². The fourth-order valence-electron chi connectivity index (χ4n) is 1.46. The predicted octanol–water partition coefficient (Wildman–Crippen LogP) is 3.43. The number of carbonyl (C=O) groups is 1. The summed E-state index contributed by atoms with van der Waals surface area (Å²) in [6.07, 6.45) is 3.02. The summed E-state index contributed by atoms with van der Waals surface area (Å²) in [4.78, 5) is 11.1. The van der Waals surface area contributed by atoms with Gasteiger partial charge in [-0.15, -0.1) is 0 Å². The summed E-state index contributed by atoms with van der Waals surface area (Å²) < 4.78 is 16.4. The van der Waals surface area contributed by atoms with Crippen LogP contribution in [0.3, 0.4) is 0 Å². The van der Waals surface area contributed by atoms with E-state index in [1.807, 2.05) is 26.0 Å². The van der Waals surface area contributed by atoms with E-state index in [0.717, 1.165) is 10.0 Å². The molecule has 0 heterocycles. The quantitative estimate of drug-likeness (QED) is 0.592. The molecular formula is C14H17BrO4. The summed E-state index contributed by atoms with van der Waals surface area (Å²) in [6.45, 7) is 4.90. The lowest BCUT2D eigenvalue weighted by molar-refractivity contribution is -0.134. The fourth-order valence-corrected chi connectivity index (χ4v) is 2.04. The Labute approximate surface area is 121 Å². The summed E-state index contributed by atoms with van der Waals surface area (Å²) in [5.74, 6) is 0.908. The van der Waals surface area contributed by atoms with Crippen molar-refractivity contribution in [3.8, 4) is 11.5 Å². The van der Waals surface area contributed by atoms with Gasteiger partial charge in [0.05, 0.1) is 24.8 Å². The van der Waals surface area contributed by atoms with Gasteiger partial charge in [-0.25, -0.2) is 4.79 Å². The molecule has 0 saturated heterocycles. The van der Waals surface area contributed by atoms with Crippen LogP contribution >= 0.6 is 15.9 Å². The maximum atomic E-state index is 11.1. The predicted molar refractivity (Wildman–Crippen MR) is 77.5 cm³/mol. The molecule has 0 fully saturated rings. The van der Waals surface area contributed by atoms with Gasteiger partial charge in [0, 0.05) is 6.08 Å². The molecule has 0 unspecified atom stereocenters. The lowest BCUT2D eigenvalue weighted by atomic mass is 10.2. The molecule has 1 aromatic carbocycles. The lowest BCUT2D eigenvalue weighted by Crippen LogP contribution is -2.00. The second kappa shape index (κ2) is 7.84. The topological polar surface area (TPSA) is 44.8 Å². The van der Waals surface area contributed by atoms with Crippen LogP contribution < -0.4 is 9.47 Å². The third-order valence-electron chi connectivity index (χ3n) is 2.23. The van der Waals surface area contributed by atoms with Crippen LogP contribution in [0.5, 0.6) is 11.5 Å². The van der Waals surface area contributed by atoms with Crippen molar-refractivity contribution < 1.29 is 19.0 Å². The first-order valence-corrected chi connectivity index (χ1v) is 6.76. The molecule has 4 nitrogen and oxygen atoms in total. The molecule has 104 valence electrons. The summed E-state index contributed by atoms with van der Waals surface area (Å²) in [6, 6.07) is 3.67. The third-order valence-corrected chi connectivity index (χ3v) is 2.82. The zero-order valence-corrected chi connectivity index (χ0v) is 12.8. The standard InChI is InChI=1S/C14H17BrO4/c1-4-18-12-9-10(6-7-13(16)17-3)8-11(15)14(12)19-5-2/h6-9H,4-5H2,1-3H3. The first-order chi connectivity index (χ1) is 9.12. The van der Waals surface area contributed by atoms with Gasteiger partial charge in [-0.3, -0.25) is 0 Å². The summed E-state index contributed by atoms with van der Waals surface area (Å²) in [7, 11) is 1.34. The van der Waals surface area contributed by atoms with E-state index in [-0.39, 0.29) is 0 Å². The molecule has 0 N–H and O–H groups in total. The zero-order chi connectivity index (χ0) is 14.3. The number of benzene rings is 1. The van der Waals surface area contributed by atoms with Gasteiger partial charge in [0.15, 0.2) is 11.5 Å². The minimum Gasteiger partial charge on any atom is -0.490 e. The Morgan fingerprint density at radius 3 is 2.53 bits per heavy atom. The highest BCUT2D eigenvalue weighted by molar-refractivity contribution is 9.10. The Bertz CT molecular complexity index is 469. The van der Waals surface area contributed by atoms with Crippen molar-refractivity contribution in [3.63, 3.8) is 0 Å². The highest BCUT2D eigenvalue weighted by Crippen LogP contribution is 2.37.